The third-order valence-electron chi connectivity index (χ3n) is 8.50. The van der Waals surface area contributed by atoms with Crippen LogP contribution in [0.15, 0.2) is 61.1 Å². The monoisotopic (exact) mass is 688 g/mol. The number of ether oxygens (including phenoxy) is 2. The summed E-state index contributed by atoms with van der Waals surface area (Å²) in [6.07, 6.45) is 6.82. The molecule has 4 heterocycles. The molecule has 0 aliphatic carbocycles. The number of methoxy groups -OCH3 is 2. The molecule has 0 bridgehead atoms. The van der Waals surface area contributed by atoms with Crippen LogP contribution < -0.4 is 30.7 Å². The summed E-state index contributed by atoms with van der Waals surface area (Å²) in [5.74, 6) is 0.910. The molecule has 48 heavy (non-hydrogen) atoms. The molecule has 2 atom stereocenters. The van der Waals surface area contributed by atoms with E-state index in [-0.39, 0.29) is 11.9 Å². The molecule has 2 aromatic heterocycles. The molecule has 2 aliphatic heterocycles. The van der Waals surface area contributed by atoms with Crippen molar-refractivity contribution in [2.45, 2.75) is 50.9 Å². The van der Waals surface area contributed by atoms with Crippen LogP contribution in [0.5, 0.6) is 11.8 Å². The number of hydrogen-bond donors (Lipinski definition) is 4. The fourth-order valence-corrected chi connectivity index (χ4v) is 6.64. The summed E-state index contributed by atoms with van der Waals surface area (Å²) in [4.78, 5) is 30.3. The van der Waals surface area contributed by atoms with Gasteiger partial charge < -0.3 is 30.7 Å². The van der Waals surface area contributed by atoms with Gasteiger partial charge in [0.1, 0.15) is 11.4 Å². The Morgan fingerprint density at radius 1 is 0.771 bits per heavy atom. The first-order valence-corrected chi connectivity index (χ1v) is 16.6. The van der Waals surface area contributed by atoms with Crippen molar-refractivity contribution in [1.29, 1.82) is 0 Å². The summed E-state index contributed by atoms with van der Waals surface area (Å²) < 4.78 is 11.2. The van der Waals surface area contributed by atoms with Gasteiger partial charge in [-0.15, -0.1) is 0 Å². The predicted molar refractivity (Wildman–Crippen MR) is 187 cm³/mol. The number of nitrogens with one attached hydrogen (secondary N) is 4. The molecule has 2 aliphatic rings. The van der Waals surface area contributed by atoms with E-state index >= 15 is 0 Å². The van der Waals surface area contributed by atoms with Crippen molar-refractivity contribution in [3.63, 3.8) is 0 Å². The number of carbonyl (C=O) groups is 1. The molecular formula is C35H38Cl2N8O3. The van der Waals surface area contributed by atoms with Crippen LogP contribution in [-0.4, -0.2) is 65.2 Å². The second-order valence-corrected chi connectivity index (χ2v) is 12.6. The van der Waals surface area contributed by atoms with E-state index < -0.39 is 0 Å². The van der Waals surface area contributed by atoms with Crippen molar-refractivity contribution in [3.05, 3.63) is 82.5 Å². The van der Waals surface area contributed by atoms with Crippen LogP contribution in [0.25, 0.3) is 33.6 Å². The quantitative estimate of drug-likeness (QED) is 0.146. The van der Waals surface area contributed by atoms with Gasteiger partial charge >= 0.3 is 0 Å². The van der Waals surface area contributed by atoms with Crippen LogP contribution in [0, 0.1) is 0 Å². The first-order chi connectivity index (χ1) is 23.3. The largest absolute Gasteiger partial charge is 0.480 e. The Kier molecular flexibility index (Phi) is 10.7. The van der Waals surface area contributed by atoms with Gasteiger partial charge in [-0.05, 0) is 19.3 Å². The maximum Gasteiger partial charge on any atom is 0.237 e. The number of allylic oxidation sites excluding steroid dienone is 1. The summed E-state index contributed by atoms with van der Waals surface area (Å²) in [5.41, 5.74) is 6.44. The van der Waals surface area contributed by atoms with Gasteiger partial charge in [0.2, 0.25) is 17.7 Å². The van der Waals surface area contributed by atoms with Crippen molar-refractivity contribution in [3.8, 4) is 45.4 Å². The highest BCUT2D eigenvalue weighted by Crippen LogP contribution is 2.42. The van der Waals surface area contributed by atoms with Crippen molar-refractivity contribution >= 4 is 29.1 Å². The zero-order chi connectivity index (χ0) is 33.6. The molecule has 13 heteroatoms. The highest BCUT2D eigenvalue weighted by atomic mass is 35.5. The standard InChI is InChI=1S/C35H38Cl2N8O3/c1-20-10-11-21(42-20)14-38-16-29-34(47-2)44-27(18-40-29)25-8-4-6-23(32(25)36)24-7-5-9-26(33(24)37)28-19-41-30(35(45-28)48-3)17-39-15-22-12-13-31(46)43-22/h4-9,18-19,21-22,38-39,42H,1,10-17H2,2-3H3,(H,43,46). The summed E-state index contributed by atoms with van der Waals surface area (Å²) in [6.45, 7) is 6.39. The fraction of sp³-hybridized carbons (Fsp3) is 0.343. The molecule has 4 N–H and O–H groups in total. The van der Waals surface area contributed by atoms with Crippen LogP contribution in [-0.2, 0) is 17.9 Å². The normalized spacial score (nSPS) is 17.3. The minimum Gasteiger partial charge on any atom is -0.480 e. The van der Waals surface area contributed by atoms with Gasteiger partial charge in [0.15, 0.2) is 0 Å². The Balaban J connectivity index is 1.20. The summed E-state index contributed by atoms with van der Waals surface area (Å²) >= 11 is 14.1. The van der Waals surface area contributed by atoms with E-state index in [0.29, 0.717) is 87.8 Å². The third kappa shape index (κ3) is 7.55. The molecule has 2 aromatic carbocycles. The van der Waals surface area contributed by atoms with Crippen LogP contribution in [0.2, 0.25) is 10.0 Å². The lowest BCUT2D eigenvalue weighted by Crippen LogP contribution is -2.35. The smallest absolute Gasteiger partial charge is 0.237 e. The average molecular weight is 690 g/mol. The van der Waals surface area contributed by atoms with Gasteiger partial charge in [-0.3, -0.25) is 14.8 Å². The zero-order valence-electron chi connectivity index (χ0n) is 26.9. The number of hydrogen-bond acceptors (Lipinski definition) is 10. The molecule has 1 amide bonds. The van der Waals surface area contributed by atoms with Gasteiger partial charge in [-0.1, -0.05) is 66.2 Å². The molecule has 250 valence electrons. The maximum absolute atomic E-state index is 11.5. The number of halogens is 2. The Morgan fingerprint density at radius 2 is 1.25 bits per heavy atom. The summed E-state index contributed by atoms with van der Waals surface area (Å²) in [6, 6.07) is 11.9. The number of rotatable bonds is 13. The van der Waals surface area contributed by atoms with Crippen LogP contribution >= 0.6 is 23.2 Å². The van der Waals surface area contributed by atoms with Crippen molar-refractivity contribution in [2.24, 2.45) is 0 Å². The van der Waals surface area contributed by atoms with Crippen molar-refractivity contribution < 1.29 is 14.3 Å². The Bertz CT molecular complexity index is 1690. The number of benzene rings is 2. The topological polar surface area (TPSA) is 135 Å². The Labute approximate surface area is 289 Å². The summed E-state index contributed by atoms with van der Waals surface area (Å²) in [5, 5.41) is 14.1. The first-order valence-electron chi connectivity index (χ1n) is 15.9. The summed E-state index contributed by atoms with van der Waals surface area (Å²) in [7, 11) is 3.14. The molecule has 6 rings (SSSR count). The van der Waals surface area contributed by atoms with Crippen LogP contribution in [0.3, 0.4) is 0 Å². The van der Waals surface area contributed by atoms with E-state index in [1.54, 1.807) is 26.6 Å². The molecular weight excluding hydrogens is 651 g/mol. The molecule has 0 radical (unpaired) electrons. The van der Waals surface area contributed by atoms with Gasteiger partial charge in [0, 0.05) is 72.6 Å². The SMILES string of the molecule is C=C1CCC(CNCc2ncc(-c3cccc(-c4cccc(-c5cnc(CNCC6CCC(=O)N6)c(OC)n5)c4Cl)c3Cl)nc2OC)N1. The molecule has 4 aromatic rings. The maximum atomic E-state index is 11.5. The van der Waals surface area contributed by atoms with Gasteiger partial charge in [-0.25, -0.2) is 9.97 Å². The first kappa shape index (κ1) is 33.6. The third-order valence-corrected chi connectivity index (χ3v) is 9.32. The molecule has 2 saturated heterocycles. The molecule has 2 fully saturated rings. The van der Waals surface area contributed by atoms with Crippen LogP contribution in [0.4, 0.5) is 0 Å². The zero-order valence-corrected chi connectivity index (χ0v) is 28.4. The number of carbonyl (C=O) groups excluding carboxylic acids is 1. The number of aromatic nitrogens is 4. The Hall–Kier alpha value is -4.29. The molecule has 2 unspecified atom stereocenters. The van der Waals surface area contributed by atoms with Gasteiger partial charge in [0.05, 0.1) is 48.0 Å². The minimum absolute atomic E-state index is 0.0853. The lowest BCUT2D eigenvalue weighted by atomic mass is 9.98. The lowest BCUT2D eigenvalue weighted by Gasteiger charge is -2.16. The number of amides is 1. The van der Waals surface area contributed by atoms with Crippen molar-refractivity contribution in [1.82, 2.24) is 41.2 Å². The van der Waals surface area contributed by atoms with E-state index in [0.717, 1.165) is 42.6 Å². The van der Waals surface area contributed by atoms with Gasteiger partial charge in [-0.2, -0.15) is 0 Å². The van der Waals surface area contributed by atoms with E-state index in [4.69, 9.17) is 42.6 Å². The minimum atomic E-state index is 0.0853. The van der Waals surface area contributed by atoms with Crippen molar-refractivity contribution in [2.75, 3.05) is 27.3 Å². The molecule has 0 saturated carbocycles. The second kappa shape index (κ2) is 15.3. The highest BCUT2D eigenvalue weighted by molar-refractivity contribution is 6.39. The van der Waals surface area contributed by atoms with Crippen LogP contribution in [0.1, 0.15) is 37.1 Å². The Morgan fingerprint density at radius 3 is 1.69 bits per heavy atom. The highest BCUT2D eigenvalue weighted by Gasteiger charge is 2.22. The second-order valence-electron chi connectivity index (χ2n) is 11.8. The molecule has 11 nitrogen and oxygen atoms in total. The van der Waals surface area contributed by atoms with E-state index in [1.807, 2.05) is 36.4 Å². The number of nitrogens with zero attached hydrogens (tertiary/aromatic N) is 4. The van der Waals surface area contributed by atoms with E-state index in [9.17, 15) is 4.79 Å². The van der Waals surface area contributed by atoms with E-state index in [2.05, 4.69) is 37.8 Å². The van der Waals surface area contributed by atoms with Gasteiger partial charge in [0.25, 0.3) is 0 Å². The molecule has 0 spiro atoms. The average Bonchev–Trinajstić information content (AvgIpc) is 3.72. The van der Waals surface area contributed by atoms with E-state index in [1.165, 1.54) is 0 Å². The fourth-order valence-electron chi connectivity index (χ4n) is 5.99. The lowest BCUT2D eigenvalue weighted by molar-refractivity contribution is -0.119. The predicted octanol–water partition coefficient (Wildman–Crippen LogP) is 5.32.